The number of rotatable bonds is 5. The molecule has 4 heteroatoms. The average molecular weight is 393 g/mol. The standard InChI is InChI=1S/C25H32N2O2/c1-25(2)22-7-5-4-6-20(22)16-23(25)26-21-10-8-18(9-11-21)17-27(3)24(28)19-12-14-29-15-13-19/h4-11,19,23,26H,12-17H2,1-3H3. The lowest BCUT2D eigenvalue weighted by atomic mass is 9.83. The van der Waals surface area contributed by atoms with E-state index in [-0.39, 0.29) is 17.2 Å². The molecule has 1 unspecified atom stereocenters. The van der Waals surface area contributed by atoms with Gasteiger partial charge in [-0.25, -0.2) is 0 Å². The Hall–Kier alpha value is -2.33. The molecule has 2 aromatic rings. The molecule has 29 heavy (non-hydrogen) atoms. The van der Waals surface area contributed by atoms with Crippen LogP contribution in [0.4, 0.5) is 5.69 Å². The summed E-state index contributed by atoms with van der Waals surface area (Å²) in [5.74, 6) is 0.349. The van der Waals surface area contributed by atoms with Crippen LogP contribution in [0.15, 0.2) is 48.5 Å². The second-order valence-electron chi connectivity index (χ2n) is 9.06. The van der Waals surface area contributed by atoms with E-state index in [0.717, 1.165) is 30.5 Å². The zero-order valence-corrected chi connectivity index (χ0v) is 17.8. The number of hydrogen-bond donors (Lipinski definition) is 1. The van der Waals surface area contributed by atoms with Gasteiger partial charge in [-0.1, -0.05) is 50.2 Å². The molecule has 0 radical (unpaired) electrons. The van der Waals surface area contributed by atoms with Gasteiger partial charge in [0.2, 0.25) is 5.91 Å². The first-order valence-corrected chi connectivity index (χ1v) is 10.7. The topological polar surface area (TPSA) is 41.6 Å². The maximum absolute atomic E-state index is 12.6. The number of carbonyl (C=O) groups excluding carboxylic acids is 1. The molecule has 4 nitrogen and oxygen atoms in total. The number of nitrogens with one attached hydrogen (secondary N) is 1. The normalized spacial score (nSPS) is 20.9. The van der Waals surface area contributed by atoms with Gasteiger partial charge in [-0.05, 0) is 48.1 Å². The van der Waals surface area contributed by atoms with Crippen LogP contribution in [0.1, 0.15) is 43.4 Å². The van der Waals surface area contributed by atoms with Crippen molar-refractivity contribution >= 4 is 11.6 Å². The van der Waals surface area contributed by atoms with Crippen LogP contribution < -0.4 is 5.32 Å². The Morgan fingerprint density at radius 1 is 1.10 bits per heavy atom. The Balaban J connectivity index is 1.37. The quantitative estimate of drug-likeness (QED) is 0.821. The summed E-state index contributed by atoms with van der Waals surface area (Å²) in [5.41, 5.74) is 5.29. The molecule has 154 valence electrons. The highest BCUT2D eigenvalue weighted by molar-refractivity contribution is 5.78. The van der Waals surface area contributed by atoms with Gasteiger partial charge in [-0.3, -0.25) is 4.79 Å². The van der Waals surface area contributed by atoms with Crippen LogP contribution in [0.3, 0.4) is 0 Å². The van der Waals surface area contributed by atoms with E-state index in [9.17, 15) is 4.79 Å². The summed E-state index contributed by atoms with van der Waals surface area (Å²) in [7, 11) is 1.90. The molecule has 2 aliphatic rings. The van der Waals surface area contributed by atoms with Crippen LogP contribution in [0, 0.1) is 5.92 Å². The third-order valence-electron chi connectivity index (χ3n) is 6.67. The predicted octanol–water partition coefficient (Wildman–Crippen LogP) is 4.39. The first-order chi connectivity index (χ1) is 13.9. The summed E-state index contributed by atoms with van der Waals surface area (Å²) in [6, 6.07) is 17.7. The molecular weight excluding hydrogens is 360 g/mol. The van der Waals surface area contributed by atoms with Crippen LogP contribution in [0.5, 0.6) is 0 Å². The zero-order chi connectivity index (χ0) is 20.4. The molecule has 0 saturated carbocycles. The number of anilines is 1. The highest BCUT2D eigenvalue weighted by Crippen LogP contribution is 2.39. The lowest BCUT2D eigenvalue weighted by molar-refractivity contribution is -0.137. The number of ether oxygens (including phenoxy) is 1. The van der Waals surface area contributed by atoms with Crippen molar-refractivity contribution in [3.63, 3.8) is 0 Å². The van der Waals surface area contributed by atoms with Crippen molar-refractivity contribution in [3.05, 3.63) is 65.2 Å². The fourth-order valence-corrected chi connectivity index (χ4v) is 4.74. The molecule has 0 spiro atoms. The molecular formula is C25H32N2O2. The monoisotopic (exact) mass is 392 g/mol. The Morgan fingerprint density at radius 2 is 1.79 bits per heavy atom. The highest BCUT2D eigenvalue weighted by atomic mass is 16.5. The largest absolute Gasteiger partial charge is 0.381 e. The van der Waals surface area contributed by atoms with Crippen molar-refractivity contribution in [2.24, 2.45) is 5.92 Å². The lowest BCUT2D eigenvalue weighted by Crippen LogP contribution is -2.36. The molecule has 1 heterocycles. The van der Waals surface area contributed by atoms with Gasteiger partial charge in [0.1, 0.15) is 0 Å². The molecule has 2 aromatic carbocycles. The summed E-state index contributed by atoms with van der Waals surface area (Å²) in [6.45, 7) is 6.69. The molecule has 0 bridgehead atoms. The first kappa shape index (κ1) is 20.0. The van der Waals surface area contributed by atoms with Gasteiger partial charge in [-0.2, -0.15) is 0 Å². The van der Waals surface area contributed by atoms with Crippen LogP contribution in [-0.2, 0) is 27.9 Å². The van der Waals surface area contributed by atoms with Gasteiger partial charge in [-0.15, -0.1) is 0 Å². The highest BCUT2D eigenvalue weighted by Gasteiger charge is 2.39. The maximum atomic E-state index is 12.6. The SMILES string of the molecule is CN(Cc1ccc(NC2Cc3ccccc3C2(C)C)cc1)C(=O)C1CCOCC1. The van der Waals surface area contributed by atoms with Gasteiger partial charge in [0.15, 0.2) is 0 Å². The molecule has 1 atom stereocenters. The molecule has 0 aromatic heterocycles. The maximum Gasteiger partial charge on any atom is 0.225 e. The molecule has 1 fully saturated rings. The fourth-order valence-electron chi connectivity index (χ4n) is 4.74. The number of hydrogen-bond acceptors (Lipinski definition) is 3. The third-order valence-corrected chi connectivity index (χ3v) is 6.67. The van der Waals surface area contributed by atoms with Crippen molar-refractivity contribution in [3.8, 4) is 0 Å². The van der Waals surface area contributed by atoms with Crippen LogP contribution >= 0.6 is 0 Å². The second-order valence-corrected chi connectivity index (χ2v) is 9.06. The number of nitrogens with zero attached hydrogens (tertiary/aromatic N) is 1. The van der Waals surface area contributed by atoms with Gasteiger partial charge in [0.05, 0.1) is 0 Å². The molecule has 1 aliphatic carbocycles. The molecule has 1 aliphatic heterocycles. The molecule has 1 saturated heterocycles. The minimum atomic E-state index is 0.103. The summed E-state index contributed by atoms with van der Waals surface area (Å²) >= 11 is 0. The van der Waals surface area contributed by atoms with Gasteiger partial charge in [0.25, 0.3) is 0 Å². The molecule has 4 rings (SSSR count). The van der Waals surface area contributed by atoms with Gasteiger partial charge < -0.3 is 15.0 Å². The van der Waals surface area contributed by atoms with E-state index in [0.29, 0.717) is 25.8 Å². The Bertz CT molecular complexity index is 853. The van der Waals surface area contributed by atoms with E-state index < -0.39 is 0 Å². The van der Waals surface area contributed by atoms with Crippen molar-refractivity contribution < 1.29 is 9.53 Å². The van der Waals surface area contributed by atoms with Crippen LogP contribution in [-0.4, -0.2) is 37.1 Å². The molecule has 1 amide bonds. The fraction of sp³-hybridized carbons (Fsp3) is 0.480. The Kier molecular flexibility index (Phi) is 5.64. The summed E-state index contributed by atoms with van der Waals surface area (Å²) in [5, 5.41) is 3.74. The minimum Gasteiger partial charge on any atom is -0.381 e. The Morgan fingerprint density at radius 3 is 2.48 bits per heavy atom. The van der Waals surface area contributed by atoms with Crippen molar-refractivity contribution in [1.29, 1.82) is 0 Å². The van der Waals surface area contributed by atoms with E-state index in [1.54, 1.807) is 0 Å². The zero-order valence-electron chi connectivity index (χ0n) is 17.8. The molecule has 1 N–H and O–H groups in total. The van der Waals surface area contributed by atoms with Crippen molar-refractivity contribution in [1.82, 2.24) is 4.90 Å². The lowest BCUT2D eigenvalue weighted by Gasteiger charge is -2.30. The van der Waals surface area contributed by atoms with E-state index in [2.05, 4.69) is 67.7 Å². The summed E-state index contributed by atoms with van der Waals surface area (Å²) in [6.07, 6.45) is 2.73. The van der Waals surface area contributed by atoms with Crippen molar-refractivity contribution in [2.45, 2.75) is 51.1 Å². The second kappa shape index (κ2) is 8.19. The number of benzene rings is 2. The number of carbonyl (C=O) groups is 1. The predicted molar refractivity (Wildman–Crippen MR) is 117 cm³/mol. The Labute approximate surface area is 174 Å². The van der Waals surface area contributed by atoms with Gasteiger partial charge in [0, 0.05) is 49.9 Å². The van der Waals surface area contributed by atoms with E-state index >= 15 is 0 Å². The first-order valence-electron chi connectivity index (χ1n) is 10.7. The van der Waals surface area contributed by atoms with Crippen LogP contribution in [0.2, 0.25) is 0 Å². The average Bonchev–Trinajstić information content (AvgIpc) is 2.99. The van der Waals surface area contributed by atoms with Gasteiger partial charge >= 0.3 is 0 Å². The van der Waals surface area contributed by atoms with Crippen molar-refractivity contribution in [2.75, 3.05) is 25.6 Å². The smallest absolute Gasteiger partial charge is 0.225 e. The van der Waals surface area contributed by atoms with E-state index in [4.69, 9.17) is 4.74 Å². The third kappa shape index (κ3) is 4.18. The summed E-state index contributed by atoms with van der Waals surface area (Å²) < 4.78 is 5.37. The van der Waals surface area contributed by atoms with Crippen LogP contribution in [0.25, 0.3) is 0 Å². The summed E-state index contributed by atoms with van der Waals surface area (Å²) in [4.78, 5) is 14.5. The number of amides is 1. The van der Waals surface area contributed by atoms with E-state index in [1.165, 1.54) is 11.1 Å². The minimum absolute atomic E-state index is 0.103. The van der Waals surface area contributed by atoms with E-state index in [1.807, 2.05) is 11.9 Å². The number of fused-ring (bicyclic) bond motifs is 1.